The Bertz CT molecular complexity index is 717. The Morgan fingerprint density at radius 1 is 1.16 bits per heavy atom. The van der Waals surface area contributed by atoms with E-state index in [0.717, 1.165) is 24.4 Å². The molecule has 9 heteroatoms. The zero-order valence-corrected chi connectivity index (χ0v) is 18.7. The summed E-state index contributed by atoms with van der Waals surface area (Å²) in [6, 6.07) is 7.95. The lowest BCUT2D eigenvalue weighted by atomic mass is 10.1. The topological polar surface area (TPSA) is 60.0 Å². The molecule has 0 bridgehead atoms. The predicted molar refractivity (Wildman–Crippen MR) is 114 cm³/mol. The fraction of sp³-hybridized carbons (Fsp3) is 0.696. The molecule has 0 radical (unpaired) electrons. The van der Waals surface area contributed by atoms with Crippen molar-refractivity contribution < 1.29 is 32.2 Å². The summed E-state index contributed by atoms with van der Waals surface area (Å²) in [6.45, 7) is 7.17. The highest BCUT2D eigenvalue weighted by molar-refractivity contribution is 5.75. The maximum absolute atomic E-state index is 12.3. The SMILES string of the molecule is CCOC(=O)[C@H](Cc1ccc(OCCN[C@H]2C3CN(CCC(F)(F)F)C[C@@H]32)cc1)OCC. The Hall–Kier alpha value is -1.84. The van der Waals surface area contributed by atoms with Crippen LogP contribution in [0.4, 0.5) is 13.2 Å². The number of rotatable bonds is 13. The number of likely N-dealkylation sites (tertiary alicyclic amines) is 1. The summed E-state index contributed by atoms with van der Waals surface area (Å²) in [5.41, 5.74) is 0.961. The molecule has 2 fully saturated rings. The summed E-state index contributed by atoms with van der Waals surface area (Å²) in [4.78, 5) is 13.9. The molecule has 1 aromatic carbocycles. The Labute approximate surface area is 187 Å². The Morgan fingerprint density at radius 2 is 1.84 bits per heavy atom. The van der Waals surface area contributed by atoms with Gasteiger partial charge in [-0.2, -0.15) is 13.2 Å². The number of esters is 1. The standard InChI is InChI=1S/C23H33F3N2O4/c1-3-30-20(22(29)31-4-2)13-16-5-7-17(8-6-16)32-12-10-27-21-18-14-28(15-19(18)21)11-9-23(24,25)26/h5-8,18-21,27H,3-4,9-15H2,1-2H3/t18-,19?,20-,21+/m0/s1. The van der Waals surface area contributed by atoms with Gasteiger partial charge in [0.1, 0.15) is 12.4 Å². The number of halogens is 3. The van der Waals surface area contributed by atoms with Crippen LogP contribution >= 0.6 is 0 Å². The van der Waals surface area contributed by atoms with Crippen molar-refractivity contribution >= 4 is 5.97 Å². The van der Waals surface area contributed by atoms with Crippen molar-refractivity contribution in [1.29, 1.82) is 0 Å². The van der Waals surface area contributed by atoms with Crippen molar-refractivity contribution in [3.8, 4) is 5.75 Å². The number of alkyl halides is 3. The molecule has 1 aromatic rings. The Morgan fingerprint density at radius 3 is 2.44 bits per heavy atom. The Balaban J connectivity index is 1.31. The molecule has 6 nitrogen and oxygen atoms in total. The van der Waals surface area contributed by atoms with Crippen LogP contribution in [0.15, 0.2) is 24.3 Å². The number of ether oxygens (including phenoxy) is 3. The first-order valence-electron chi connectivity index (χ1n) is 11.3. The number of carbonyl (C=O) groups excluding carboxylic acids is 1. The van der Waals surface area contributed by atoms with Crippen LogP contribution in [0, 0.1) is 11.8 Å². The van der Waals surface area contributed by atoms with Crippen molar-refractivity contribution in [3.05, 3.63) is 29.8 Å². The number of fused-ring (bicyclic) bond motifs is 1. The van der Waals surface area contributed by atoms with E-state index < -0.39 is 18.7 Å². The molecular weight excluding hydrogens is 425 g/mol. The van der Waals surface area contributed by atoms with E-state index in [1.807, 2.05) is 36.1 Å². The van der Waals surface area contributed by atoms with Gasteiger partial charge in [0.25, 0.3) is 0 Å². The van der Waals surface area contributed by atoms with Crippen LogP contribution < -0.4 is 10.1 Å². The van der Waals surface area contributed by atoms with E-state index in [1.54, 1.807) is 6.92 Å². The third-order valence-corrected chi connectivity index (χ3v) is 5.99. The minimum atomic E-state index is -4.08. The highest BCUT2D eigenvalue weighted by atomic mass is 19.4. The van der Waals surface area contributed by atoms with Gasteiger partial charge in [0, 0.05) is 45.2 Å². The minimum Gasteiger partial charge on any atom is -0.492 e. The molecule has 1 unspecified atom stereocenters. The van der Waals surface area contributed by atoms with Gasteiger partial charge in [0.2, 0.25) is 0 Å². The molecule has 1 saturated carbocycles. The monoisotopic (exact) mass is 458 g/mol. The molecule has 3 rings (SSSR count). The summed E-state index contributed by atoms with van der Waals surface area (Å²) in [5.74, 6) is 1.31. The van der Waals surface area contributed by atoms with E-state index in [2.05, 4.69) is 5.32 Å². The van der Waals surface area contributed by atoms with Crippen molar-refractivity contribution in [2.24, 2.45) is 11.8 Å². The van der Waals surface area contributed by atoms with Crippen molar-refractivity contribution in [3.63, 3.8) is 0 Å². The molecule has 1 N–H and O–H groups in total. The molecule has 180 valence electrons. The fourth-order valence-corrected chi connectivity index (χ4v) is 4.36. The molecular formula is C23H33F3N2O4. The zero-order valence-electron chi connectivity index (χ0n) is 18.7. The van der Waals surface area contributed by atoms with Gasteiger partial charge in [-0.25, -0.2) is 4.79 Å². The Kier molecular flexibility index (Phi) is 8.79. The van der Waals surface area contributed by atoms with Crippen molar-refractivity contribution in [2.45, 2.75) is 45.0 Å². The zero-order chi connectivity index (χ0) is 23.1. The highest BCUT2D eigenvalue weighted by Crippen LogP contribution is 2.45. The summed E-state index contributed by atoms with van der Waals surface area (Å²) in [6.07, 6.45) is -4.98. The van der Waals surface area contributed by atoms with Crippen LogP contribution in [0.25, 0.3) is 0 Å². The smallest absolute Gasteiger partial charge is 0.390 e. The maximum atomic E-state index is 12.3. The number of carbonyl (C=O) groups is 1. The average molecular weight is 459 g/mol. The number of nitrogens with one attached hydrogen (secondary N) is 1. The molecule has 4 atom stereocenters. The lowest BCUT2D eigenvalue weighted by Crippen LogP contribution is -2.34. The summed E-state index contributed by atoms with van der Waals surface area (Å²) in [5, 5.41) is 3.46. The van der Waals surface area contributed by atoms with Gasteiger partial charge in [-0.05, 0) is 43.4 Å². The second-order valence-corrected chi connectivity index (χ2v) is 8.32. The van der Waals surface area contributed by atoms with Crippen molar-refractivity contribution in [1.82, 2.24) is 10.2 Å². The molecule has 2 aliphatic rings. The van der Waals surface area contributed by atoms with Gasteiger partial charge in [-0.15, -0.1) is 0 Å². The van der Waals surface area contributed by atoms with Gasteiger partial charge >= 0.3 is 12.1 Å². The van der Waals surface area contributed by atoms with E-state index >= 15 is 0 Å². The second kappa shape index (κ2) is 11.3. The first-order valence-corrected chi connectivity index (χ1v) is 11.3. The van der Waals surface area contributed by atoms with Gasteiger partial charge in [-0.1, -0.05) is 12.1 Å². The van der Waals surface area contributed by atoms with Crippen LogP contribution in [-0.4, -0.2) is 75.2 Å². The molecule has 0 aromatic heterocycles. The van der Waals surface area contributed by atoms with E-state index in [9.17, 15) is 18.0 Å². The number of hydrogen-bond acceptors (Lipinski definition) is 6. The van der Waals surface area contributed by atoms with Gasteiger partial charge in [-0.3, -0.25) is 0 Å². The average Bonchev–Trinajstić information content (AvgIpc) is 3.19. The summed E-state index contributed by atoms with van der Waals surface area (Å²) >= 11 is 0. The first-order chi connectivity index (χ1) is 15.3. The second-order valence-electron chi connectivity index (χ2n) is 8.32. The lowest BCUT2D eigenvalue weighted by molar-refractivity contribution is -0.156. The largest absolute Gasteiger partial charge is 0.492 e. The normalized spacial score (nSPS) is 23.6. The third-order valence-electron chi connectivity index (χ3n) is 5.99. The van der Waals surface area contributed by atoms with Crippen LogP contribution in [0.3, 0.4) is 0 Å². The number of hydrogen-bond donors (Lipinski definition) is 1. The van der Waals surface area contributed by atoms with Crippen LogP contribution in [-0.2, 0) is 20.7 Å². The van der Waals surface area contributed by atoms with E-state index in [4.69, 9.17) is 14.2 Å². The molecule has 1 saturated heterocycles. The van der Waals surface area contributed by atoms with Crippen LogP contribution in [0.5, 0.6) is 5.75 Å². The van der Waals surface area contributed by atoms with E-state index in [0.29, 0.717) is 50.7 Å². The van der Waals surface area contributed by atoms with Crippen LogP contribution in [0.1, 0.15) is 25.8 Å². The lowest BCUT2D eigenvalue weighted by Gasteiger charge is -2.20. The molecule has 32 heavy (non-hydrogen) atoms. The number of benzene rings is 1. The molecule has 1 aliphatic carbocycles. The fourth-order valence-electron chi connectivity index (χ4n) is 4.36. The van der Waals surface area contributed by atoms with Gasteiger partial charge in [0.15, 0.2) is 6.10 Å². The predicted octanol–water partition coefficient (Wildman–Crippen LogP) is 3.05. The minimum absolute atomic E-state index is 0.105. The quantitative estimate of drug-likeness (QED) is 0.362. The number of piperidine rings is 1. The van der Waals surface area contributed by atoms with Crippen LogP contribution in [0.2, 0.25) is 0 Å². The first kappa shape index (κ1) is 24.8. The van der Waals surface area contributed by atoms with E-state index in [1.165, 1.54) is 0 Å². The summed E-state index contributed by atoms with van der Waals surface area (Å²) in [7, 11) is 0. The van der Waals surface area contributed by atoms with Crippen molar-refractivity contribution in [2.75, 3.05) is 46.0 Å². The third kappa shape index (κ3) is 7.35. The maximum Gasteiger partial charge on any atom is 0.390 e. The summed E-state index contributed by atoms with van der Waals surface area (Å²) < 4.78 is 53.3. The van der Waals surface area contributed by atoms with Gasteiger partial charge in [0.05, 0.1) is 13.0 Å². The highest BCUT2D eigenvalue weighted by Gasteiger charge is 2.55. The van der Waals surface area contributed by atoms with E-state index in [-0.39, 0.29) is 12.5 Å². The molecule has 1 aliphatic heterocycles. The van der Waals surface area contributed by atoms with Gasteiger partial charge < -0.3 is 24.4 Å². The molecule has 0 amide bonds. The molecule has 1 heterocycles. The number of nitrogens with zero attached hydrogens (tertiary/aromatic N) is 1. The molecule has 0 spiro atoms.